The Balaban J connectivity index is 0.000000126. The van der Waals surface area contributed by atoms with Crippen LogP contribution >= 0.6 is 0 Å². The number of aryl methyl sites for hydroxylation is 3. The highest BCUT2D eigenvalue weighted by Gasteiger charge is 2.35. The van der Waals surface area contributed by atoms with Crippen molar-refractivity contribution in [1.29, 1.82) is 0 Å². The Morgan fingerprint density at radius 3 is 1.01 bits per heavy atom. The van der Waals surface area contributed by atoms with Gasteiger partial charge in [0.05, 0.1) is 49.4 Å². The molecule has 18 heterocycles. The maximum Gasteiger partial charge on any atom is 0.230 e. The average Bonchev–Trinajstić information content (AvgIpc) is 1.61. The van der Waals surface area contributed by atoms with Crippen molar-refractivity contribution in [3.63, 3.8) is 0 Å². The van der Waals surface area contributed by atoms with Gasteiger partial charge in [-0.2, -0.15) is 78.3 Å². The molecule has 0 radical (unpaired) electrons. The molecule has 0 bridgehead atoms. The molecule has 0 spiro atoms. The highest BCUT2D eigenvalue weighted by Crippen LogP contribution is 2.39. The number of piperidine rings is 6. The third-order valence-electron chi connectivity index (χ3n) is 31.0. The van der Waals surface area contributed by atoms with Gasteiger partial charge in [0, 0.05) is 174 Å². The van der Waals surface area contributed by atoms with E-state index in [9.17, 15) is 20.4 Å². The van der Waals surface area contributed by atoms with Gasteiger partial charge in [0.1, 0.15) is 0 Å². The molecule has 6 aliphatic rings. The quantitative estimate of drug-likeness (QED) is 0.0183. The minimum absolute atomic E-state index is 0.177. The second kappa shape index (κ2) is 51.4. The van der Waals surface area contributed by atoms with Crippen molar-refractivity contribution in [3.8, 4) is 44.8 Å². The molecule has 0 saturated carbocycles. The van der Waals surface area contributed by atoms with E-state index in [0.29, 0.717) is 50.0 Å². The van der Waals surface area contributed by atoms with Crippen LogP contribution in [0.2, 0.25) is 0 Å². The number of pyridine rings is 4. The summed E-state index contributed by atoms with van der Waals surface area (Å²) in [5.74, 6) is 9.34. The normalized spacial score (nSPS) is 16.9. The van der Waals surface area contributed by atoms with Crippen LogP contribution in [0.25, 0.3) is 67.4 Å². The van der Waals surface area contributed by atoms with Crippen LogP contribution in [-0.2, 0) is 45.4 Å². The van der Waals surface area contributed by atoms with Crippen LogP contribution < -0.4 is 40.9 Å². The Morgan fingerprint density at radius 1 is 0.313 bits per heavy atom. The lowest BCUT2D eigenvalue weighted by Gasteiger charge is -2.40. The third kappa shape index (κ3) is 25.8. The number of hydrogen-bond acceptors (Lipinski definition) is 30. The van der Waals surface area contributed by atoms with Crippen LogP contribution in [0.3, 0.4) is 0 Å². The molecule has 6 fully saturated rings. The van der Waals surface area contributed by atoms with Crippen molar-refractivity contribution < 1.29 is 20.4 Å². The van der Waals surface area contributed by atoms with Gasteiger partial charge in [-0.3, -0.25) is 19.9 Å². The number of anilines is 8. The number of likely N-dealkylation sites (tertiary alicyclic amines) is 2. The molecule has 150 heavy (non-hydrogen) atoms. The first kappa shape index (κ1) is 104. The summed E-state index contributed by atoms with van der Waals surface area (Å²) in [5.41, 5.74) is 21.3. The number of β-amino-alcohol motifs (C(OH)–C–C–N with tert-alkyl or cyclic N) is 2. The predicted molar refractivity (Wildman–Crippen MR) is 594 cm³/mol. The van der Waals surface area contributed by atoms with Gasteiger partial charge in [-0.1, -0.05) is 156 Å². The van der Waals surface area contributed by atoms with Crippen LogP contribution in [0.15, 0.2) is 220 Å². The van der Waals surface area contributed by atoms with Gasteiger partial charge in [0.15, 0.2) is 22.6 Å². The van der Waals surface area contributed by atoms with E-state index >= 15 is 0 Å². The Bertz CT molecular complexity index is 6680. The first-order valence-corrected chi connectivity index (χ1v) is 54.7. The molecule has 6 saturated heterocycles. The van der Waals surface area contributed by atoms with E-state index in [4.69, 9.17) is 39.9 Å². The summed E-state index contributed by atoms with van der Waals surface area (Å²) in [6.45, 7) is 26.1. The van der Waals surface area contributed by atoms with Gasteiger partial charge < -0.3 is 71.1 Å². The van der Waals surface area contributed by atoms with E-state index in [0.717, 1.165) is 303 Å². The number of rotatable bonds is 35. The highest BCUT2D eigenvalue weighted by molar-refractivity contribution is 5.67. The number of aliphatic hydroxyl groups is 4. The number of hydrogen-bond donors (Lipinski definition) is 8. The minimum atomic E-state index is 0.177. The fraction of sp³-hybridized carbons (Fsp3) is 0.448. The molecule has 784 valence electrons. The number of nitrogens with one attached hydrogen (secondary N) is 4. The molecule has 8 N–H and O–H groups in total. The van der Waals surface area contributed by atoms with Crippen molar-refractivity contribution >= 4 is 70.2 Å². The first-order valence-electron chi connectivity index (χ1n) is 54.7. The van der Waals surface area contributed by atoms with Gasteiger partial charge in [-0.15, -0.1) is 0 Å². The number of benzene rings is 4. The lowest BCUT2D eigenvalue weighted by atomic mass is 9.79. The number of aromatic nitrogens is 20. The Labute approximate surface area is 879 Å². The van der Waals surface area contributed by atoms with E-state index in [1.165, 1.54) is 75.3 Å². The van der Waals surface area contributed by atoms with Gasteiger partial charge in [0.25, 0.3) is 0 Å². The fourth-order valence-corrected chi connectivity index (χ4v) is 22.2. The molecule has 12 aromatic heterocycles. The first-order chi connectivity index (χ1) is 73.8. The van der Waals surface area contributed by atoms with Gasteiger partial charge in [0.2, 0.25) is 47.6 Å². The predicted octanol–water partition coefficient (Wildman–Crippen LogP) is 17.7. The van der Waals surface area contributed by atoms with Crippen LogP contribution in [0, 0.1) is 23.7 Å². The standard InChI is InChI=1S/2C31H40N8O.C28H35N7O.C26H31N7O/c1-2-24-22-34-39-29(24)35-31(38-16-11-27(12-17-38)26-9-14-37(15-10-26)18-19-40)36-30(39)33-20-23-5-7-25(8-6-23)28-4-3-13-32-21-28;1-2-24-22-34-39-29(24)35-31(38-17-12-26(13-18-38)25-10-15-37(16-11-25)19-20-40)36-30(39)33-21-23-6-8-27(9-7-23)28-5-3-4-14-32-28;1-20(2)24-19-31-35-26(24)32-28(34-16-6-4-8-23(34)9-7-17-36)33-27(35)30-18-21-11-13-22(14-12-21)25-10-3-5-15-29-25;1-2-20-18-29-33-24(20)30-26(32-14-4-3-7-23(32)12-15-34)31-25(33)28-16-19-8-10-21(11-9-19)22-6-5-13-27-17-22/h3-8,13,21-22,26-27,40H,2,9-12,14-20H2,1H3,(H,33,35,36);3-9,14,22,25-26,40H,2,10-13,15-21H2,1H3,(H,33,35,36);3,5,10-15,19-20,23,36H,4,6-9,16-18H2,1-2H3,(H,30,32,33);5-6,8-11,13,17-18,23,34H,2-4,7,12,14-16H2,1H3,(H,28,30,31)/t;;2*23-/m..01/s1. The van der Waals surface area contributed by atoms with Crippen LogP contribution in [0.4, 0.5) is 47.6 Å². The van der Waals surface area contributed by atoms with Crippen molar-refractivity contribution in [1.82, 2.24) is 108 Å². The summed E-state index contributed by atoms with van der Waals surface area (Å²) in [4.78, 5) is 71.2. The van der Waals surface area contributed by atoms with Crippen LogP contribution in [-0.4, -0.2) is 246 Å². The second-order valence-electron chi connectivity index (χ2n) is 40.8. The van der Waals surface area contributed by atoms with Crippen LogP contribution in [0.1, 0.15) is 194 Å². The monoisotopic (exact) mass is 2020 g/mol. The second-order valence-corrected chi connectivity index (χ2v) is 40.8. The van der Waals surface area contributed by atoms with Gasteiger partial charge in [-0.05, 0) is 265 Å². The summed E-state index contributed by atoms with van der Waals surface area (Å²) >= 11 is 0. The molecule has 22 rings (SSSR count). The summed E-state index contributed by atoms with van der Waals surface area (Å²) < 4.78 is 7.32. The van der Waals surface area contributed by atoms with Gasteiger partial charge >= 0.3 is 0 Å². The minimum Gasteiger partial charge on any atom is -0.396 e. The lowest BCUT2D eigenvalue weighted by molar-refractivity contribution is 0.115. The zero-order chi connectivity index (χ0) is 103. The summed E-state index contributed by atoms with van der Waals surface area (Å²) in [7, 11) is 0. The SMILES string of the molecule is CC(C)c1cnn2c(NCc3ccc(-c4ccccn4)cc3)nc(N3CCCC[C@H]3CCCO)nc12.CCc1cnn2c(NCc3ccc(-c4ccccn4)cc3)nc(N3CCC(C4CCN(CCO)CC4)CC3)nc12.CCc1cnn2c(NCc3ccc(-c4cccnc4)cc3)nc(N3CCC(C4CCN(CCO)CC4)CC3)nc12.CCc1cnn2c(NCc3ccc(-c4cccnc4)cc3)nc(N3CCCC[C@@H]3CCO)nc12. The number of nitrogens with zero attached hydrogens (tertiary/aromatic N) is 26. The molecular formula is C116H146N30O4. The van der Waals surface area contributed by atoms with Crippen molar-refractivity contribution in [2.24, 2.45) is 23.7 Å². The lowest BCUT2D eigenvalue weighted by Crippen LogP contribution is -2.42. The molecule has 0 unspecified atom stereocenters. The molecule has 6 aliphatic heterocycles. The van der Waals surface area contributed by atoms with Crippen molar-refractivity contribution in [2.45, 2.75) is 207 Å². The molecule has 0 amide bonds. The van der Waals surface area contributed by atoms with Gasteiger partial charge in [-0.25, -0.2) is 0 Å². The van der Waals surface area contributed by atoms with E-state index in [1.807, 2.05) is 112 Å². The van der Waals surface area contributed by atoms with Crippen LogP contribution in [0.5, 0.6) is 0 Å². The molecule has 0 aliphatic carbocycles. The topological polar surface area (TPSA) is 372 Å². The van der Waals surface area contributed by atoms with E-state index < -0.39 is 0 Å². The summed E-state index contributed by atoms with van der Waals surface area (Å²) in [5, 5.41) is 70.0. The molecule has 16 aromatic rings. The zero-order valence-corrected chi connectivity index (χ0v) is 87.5. The number of aliphatic hydroxyl groups excluding tert-OH is 4. The molecule has 34 nitrogen and oxygen atoms in total. The fourth-order valence-electron chi connectivity index (χ4n) is 22.2. The molecule has 4 aromatic carbocycles. The maximum absolute atomic E-state index is 9.56. The Morgan fingerprint density at radius 2 is 0.667 bits per heavy atom. The van der Waals surface area contributed by atoms with E-state index in [2.05, 4.69) is 235 Å². The zero-order valence-electron chi connectivity index (χ0n) is 87.5. The summed E-state index contributed by atoms with van der Waals surface area (Å²) in [6, 6.07) is 54.6. The largest absolute Gasteiger partial charge is 0.396 e. The van der Waals surface area contributed by atoms with E-state index in [-0.39, 0.29) is 32.5 Å². The molecular weight excluding hydrogens is 1880 g/mol. The Kier molecular flexibility index (Phi) is 35.7. The van der Waals surface area contributed by atoms with E-state index in [1.54, 1.807) is 16.9 Å². The maximum atomic E-state index is 9.56. The average molecular weight is 2020 g/mol. The smallest absolute Gasteiger partial charge is 0.230 e. The number of fused-ring (bicyclic) bond motifs is 4. The molecule has 34 heteroatoms. The Hall–Kier alpha value is -14.2. The van der Waals surface area contributed by atoms with Crippen molar-refractivity contribution in [2.75, 3.05) is 146 Å². The highest BCUT2D eigenvalue weighted by atomic mass is 16.3. The molecule has 2 atom stereocenters. The van der Waals surface area contributed by atoms with Crippen molar-refractivity contribution in [3.05, 3.63) is 264 Å². The third-order valence-corrected chi connectivity index (χ3v) is 31.0. The summed E-state index contributed by atoms with van der Waals surface area (Å²) in [6.07, 6.45) is 40.2.